The van der Waals surface area contributed by atoms with Crippen molar-refractivity contribution in [2.45, 2.75) is 13.3 Å². The fourth-order valence-corrected chi connectivity index (χ4v) is 5.55. The van der Waals surface area contributed by atoms with Crippen molar-refractivity contribution in [2.24, 2.45) is 11.8 Å². The molecule has 35 heavy (non-hydrogen) atoms. The van der Waals surface area contributed by atoms with Crippen LogP contribution in [0.1, 0.15) is 22.6 Å². The summed E-state index contributed by atoms with van der Waals surface area (Å²) in [6.07, 6.45) is 6.42. The highest BCUT2D eigenvalue weighted by molar-refractivity contribution is 6.42. The smallest absolute Gasteiger partial charge is 0.274 e. The van der Waals surface area contributed by atoms with Gasteiger partial charge in [-0.3, -0.25) is 9.78 Å². The first kappa shape index (κ1) is 22.2. The molecule has 1 aromatic carbocycles. The number of likely N-dealkylation sites (tertiary alicyclic amines) is 1. The van der Waals surface area contributed by atoms with E-state index in [9.17, 15) is 4.79 Å². The third-order valence-corrected chi connectivity index (χ3v) is 7.45. The molecule has 2 saturated heterocycles. The number of carbonyl (C=O) groups is 1. The van der Waals surface area contributed by atoms with E-state index in [1.54, 1.807) is 29.2 Å². The molecule has 10 heteroatoms. The highest BCUT2D eigenvalue weighted by Crippen LogP contribution is 2.33. The first-order chi connectivity index (χ1) is 16.9. The number of benzene rings is 1. The number of halogens is 2. The Morgan fingerprint density at radius 1 is 1.00 bits per heavy atom. The molecule has 2 fully saturated rings. The standard InChI is InChI=1S/C25H23Cl2N7O/c1-15-3-4-22(34-6-2-5-29-34)24(30-15)25(35)33-13-16-7-17(14-33)12-32(11-16)23-10-28-20-8-18(26)19(27)9-21(20)31-23/h2-6,8-10,16-17H,7,11-14H2,1H3. The molecule has 2 aliphatic heterocycles. The number of fused-ring (bicyclic) bond motifs is 3. The molecule has 1 amide bonds. The maximum absolute atomic E-state index is 13.6. The van der Waals surface area contributed by atoms with E-state index in [0.29, 0.717) is 46.4 Å². The zero-order valence-electron chi connectivity index (χ0n) is 19.1. The van der Waals surface area contributed by atoms with Crippen LogP contribution in [0.5, 0.6) is 0 Å². The molecule has 0 radical (unpaired) electrons. The minimum Gasteiger partial charge on any atom is -0.355 e. The van der Waals surface area contributed by atoms with Crippen LogP contribution in [-0.4, -0.2) is 61.7 Å². The van der Waals surface area contributed by atoms with E-state index in [2.05, 4.69) is 20.0 Å². The number of hydrogen-bond acceptors (Lipinski definition) is 6. The van der Waals surface area contributed by atoms with Gasteiger partial charge >= 0.3 is 0 Å². The molecule has 0 N–H and O–H groups in total. The van der Waals surface area contributed by atoms with Gasteiger partial charge < -0.3 is 9.80 Å². The highest BCUT2D eigenvalue weighted by Gasteiger charge is 2.37. The Morgan fingerprint density at radius 3 is 2.46 bits per heavy atom. The molecule has 2 bridgehead atoms. The predicted molar refractivity (Wildman–Crippen MR) is 135 cm³/mol. The SMILES string of the molecule is Cc1ccc(-n2cccn2)c(C(=O)N2CC3CC(C2)CN(c2cnc4cc(Cl)c(Cl)cc4n2)C3)n1. The van der Waals surface area contributed by atoms with E-state index in [0.717, 1.165) is 42.1 Å². The number of pyridine rings is 1. The van der Waals surface area contributed by atoms with E-state index in [-0.39, 0.29) is 5.91 Å². The molecule has 178 valence electrons. The summed E-state index contributed by atoms with van der Waals surface area (Å²) in [5.41, 5.74) is 3.40. The maximum atomic E-state index is 13.6. The van der Waals surface area contributed by atoms with Gasteiger partial charge in [-0.15, -0.1) is 0 Å². The second-order valence-corrected chi connectivity index (χ2v) is 10.2. The molecule has 8 nitrogen and oxygen atoms in total. The predicted octanol–water partition coefficient (Wildman–Crippen LogP) is 4.42. The van der Waals surface area contributed by atoms with Crippen molar-refractivity contribution in [3.63, 3.8) is 0 Å². The molecule has 0 spiro atoms. The van der Waals surface area contributed by atoms with E-state index in [4.69, 9.17) is 28.2 Å². The lowest BCUT2D eigenvalue weighted by molar-refractivity contribution is 0.0558. The Balaban J connectivity index is 1.23. The van der Waals surface area contributed by atoms with Gasteiger partial charge in [-0.05, 0) is 55.5 Å². The van der Waals surface area contributed by atoms with E-state index in [1.165, 1.54) is 0 Å². The topological polar surface area (TPSA) is 80.0 Å². The molecule has 2 atom stereocenters. The third-order valence-electron chi connectivity index (χ3n) is 6.73. The van der Waals surface area contributed by atoms with Gasteiger partial charge in [-0.25, -0.2) is 14.6 Å². The van der Waals surface area contributed by atoms with Crippen molar-refractivity contribution >= 4 is 46.0 Å². The van der Waals surface area contributed by atoms with Crippen LogP contribution >= 0.6 is 23.2 Å². The summed E-state index contributed by atoms with van der Waals surface area (Å²) in [5.74, 6) is 1.47. The Bertz CT molecular complexity index is 1410. The zero-order chi connectivity index (χ0) is 24.1. The zero-order valence-corrected chi connectivity index (χ0v) is 20.6. The van der Waals surface area contributed by atoms with Crippen LogP contribution in [0.15, 0.2) is 48.9 Å². The largest absolute Gasteiger partial charge is 0.355 e. The number of aryl methyl sites for hydroxylation is 1. The van der Waals surface area contributed by atoms with Crippen molar-refractivity contribution in [1.29, 1.82) is 0 Å². The number of rotatable bonds is 3. The van der Waals surface area contributed by atoms with Gasteiger partial charge in [0.15, 0.2) is 5.69 Å². The summed E-state index contributed by atoms with van der Waals surface area (Å²) in [4.78, 5) is 31.8. The van der Waals surface area contributed by atoms with E-state index >= 15 is 0 Å². The van der Waals surface area contributed by atoms with Crippen LogP contribution in [0.2, 0.25) is 10.0 Å². The molecule has 0 saturated carbocycles. The maximum Gasteiger partial charge on any atom is 0.274 e. The third kappa shape index (κ3) is 4.21. The number of nitrogens with zero attached hydrogens (tertiary/aromatic N) is 7. The second kappa shape index (κ2) is 8.77. The van der Waals surface area contributed by atoms with Gasteiger partial charge in [-0.1, -0.05) is 23.2 Å². The van der Waals surface area contributed by atoms with Crippen LogP contribution < -0.4 is 4.90 Å². The average molecular weight is 508 g/mol. The first-order valence-electron chi connectivity index (χ1n) is 11.6. The molecule has 4 aromatic rings. The second-order valence-electron chi connectivity index (χ2n) is 9.34. The Kier molecular flexibility index (Phi) is 5.57. The van der Waals surface area contributed by atoms with Crippen LogP contribution in [-0.2, 0) is 0 Å². The van der Waals surface area contributed by atoms with Gasteiger partial charge in [0.2, 0.25) is 0 Å². The number of piperidine rings is 2. The summed E-state index contributed by atoms with van der Waals surface area (Å²) in [5, 5.41) is 5.24. The number of amides is 1. The first-order valence-corrected chi connectivity index (χ1v) is 12.3. The quantitative estimate of drug-likeness (QED) is 0.408. The summed E-state index contributed by atoms with van der Waals surface area (Å²) in [7, 11) is 0. The molecular weight excluding hydrogens is 485 g/mol. The molecule has 3 aromatic heterocycles. The van der Waals surface area contributed by atoms with Gasteiger partial charge in [0, 0.05) is 44.3 Å². The fourth-order valence-electron chi connectivity index (χ4n) is 5.24. The number of anilines is 1. The fraction of sp³-hybridized carbons (Fsp3) is 0.320. The summed E-state index contributed by atoms with van der Waals surface area (Å²) in [6.45, 7) is 4.90. The average Bonchev–Trinajstić information content (AvgIpc) is 3.38. The lowest BCUT2D eigenvalue weighted by Gasteiger charge is -2.46. The number of carbonyl (C=O) groups excluding carboxylic acids is 1. The summed E-state index contributed by atoms with van der Waals surface area (Å²) in [6, 6.07) is 9.15. The summed E-state index contributed by atoms with van der Waals surface area (Å²) >= 11 is 12.3. The van der Waals surface area contributed by atoms with Gasteiger partial charge in [0.25, 0.3) is 5.91 Å². The lowest BCUT2D eigenvalue weighted by Crippen LogP contribution is -2.54. The number of aromatic nitrogens is 5. The Hall–Kier alpha value is -3.23. The minimum absolute atomic E-state index is 0.0423. The van der Waals surface area contributed by atoms with Crippen LogP contribution in [0.25, 0.3) is 16.7 Å². The van der Waals surface area contributed by atoms with Crippen LogP contribution in [0.4, 0.5) is 5.82 Å². The van der Waals surface area contributed by atoms with Crippen molar-refractivity contribution in [3.05, 3.63) is 70.4 Å². The van der Waals surface area contributed by atoms with Crippen molar-refractivity contribution < 1.29 is 4.79 Å². The minimum atomic E-state index is -0.0423. The molecular formula is C25H23Cl2N7O. The summed E-state index contributed by atoms with van der Waals surface area (Å²) < 4.78 is 1.70. The Morgan fingerprint density at radius 2 is 1.74 bits per heavy atom. The van der Waals surface area contributed by atoms with Crippen molar-refractivity contribution in [2.75, 3.05) is 31.1 Å². The van der Waals surface area contributed by atoms with Crippen molar-refractivity contribution in [3.8, 4) is 5.69 Å². The molecule has 6 rings (SSSR count). The van der Waals surface area contributed by atoms with Gasteiger partial charge in [0.1, 0.15) is 5.82 Å². The van der Waals surface area contributed by atoms with E-state index in [1.807, 2.05) is 36.2 Å². The van der Waals surface area contributed by atoms with Gasteiger partial charge in [-0.2, -0.15) is 5.10 Å². The molecule has 2 aliphatic rings. The van der Waals surface area contributed by atoms with Crippen LogP contribution in [0.3, 0.4) is 0 Å². The molecule has 2 unspecified atom stereocenters. The number of hydrogen-bond donors (Lipinski definition) is 0. The van der Waals surface area contributed by atoms with Gasteiger partial charge in [0.05, 0.1) is 33.0 Å². The molecule has 0 aliphatic carbocycles. The lowest BCUT2D eigenvalue weighted by atomic mass is 9.84. The van der Waals surface area contributed by atoms with Crippen LogP contribution in [0, 0.1) is 18.8 Å². The molecule has 5 heterocycles. The highest BCUT2D eigenvalue weighted by atomic mass is 35.5. The van der Waals surface area contributed by atoms with Crippen molar-refractivity contribution in [1.82, 2.24) is 29.6 Å². The monoisotopic (exact) mass is 507 g/mol. The normalized spacial score (nSPS) is 19.9. The Labute approximate surface area is 212 Å². The van der Waals surface area contributed by atoms with E-state index < -0.39 is 0 Å².